The summed E-state index contributed by atoms with van der Waals surface area (Å²) in [5.74, 6) is -0.153. The molecule has 1 aromatic carbocycles. The van der Waals surface area contributed by atoms with E-state index >= 15 is 0 Å². The van der Waals surface area contributed by atoms with Crippen LogP contribution in [-0.2, 0) is 16.1 Å². The largest absolute Gasteiger partial charge is 0.463 e. The van der Waals surface area contributed by atoms with Gasteiger partial charge in [0.15, 0.2) is 6.10 Å². The van der Waals surface area contributed by atoms with Gasteiger partial charge in [0, 0.05) is 44.6 Å². The highest BCUT2D eigenvalue weighted by molar-refractivity contribution is 6.35. The monoisotopic (exact) mass is 565 g/mol. The lowest BCUT2D eigenvalue weighted by atomic mass is 9.95. The molecule has 3 rings (SSSR count). The second-order valence-corrected chi connectivity index (χ2v) is 11.3. The number of morpholine rings is 1. The first-order chi connectivity index (χ1) is 18.0. The van der Waals surface area contributed by atoms with Gasteiger partial charge in [-0.1, -0.05) is 63.0 Å². The van der Waals surface area contributed by atoms with Gasteiger partial charge in [-0.3, -0.25) is 9.69 Å². The molecule has 0 saturated carbocycles. The number of benzene rings is 1. The number of pyridine rings is 1. The number of halogens is 2. The van der Waals surface area contributed by atoms with Gasteiger partial charge in [-0.15, -0.1) is 0 Å². The number of rotatable bonds is 10. The van der Waals surface area contributed by atoms with Crippen molar-refractivity contribution < 1.29 is 19.1 Å². The van der Waals surface area contributed by atoms with E-state index in [1.807, 2.05) is 25.1 Å². The van der Waals surface area contributed by atoms with E-state index in [0.29, 0.717) is 30.3 Å². The zero-order valence-corrected chi connectivity index (χ0v) is 23.9. The van der Waals surface area contributed by atoms with Crippen molar-refractivity contribution in [1.82, 2.24) is 20.5 Å². The Hall–Kier alpha value is -2.59. The van der Waals surface area contributed by atoms with Crippen molar-refractivity contribution in [2.75, 3.05) is 38.1 Å². The molecule has 0 spiro atoms. The minimum atomic E-state index is -0.769. The number of nitrogens with one attached hydrogen (secondary N) is 3. The summed E-state index contributed by atoms with van der Waals surface area (Å²) in [5, 5.41) is 9.22. The molecule has 0 aliphatic carbocycles. The Kier molecular flexibility index (Phi) is 11.0. The number of hydrogen-bond donors (Lipinski definition) is 3. The van der Waals surface area contributed by atoms with Gasteiger partial charge in [0.05, 0.1) is 17.7 Å². The van der Waals surface area contributed by atoms with Gasteiger partial charge in [-0.25, -0.2) is 9.78 Å². The highest BCUT2D eigenvalue weighted by Crippen LogP contribution is 2.26. The van der Waals surface area contributed by atoms with Gasteiger partial charge in [0.2, 0.25) is 5.88 Å². The molecule has 0 bridgehead atoms. The number of anilines is 1. The molecule has 3 amide bonds. The summed E-state index contributed by atoms with van der Waals surface area (Å²) in [6.45, 7) is 12.5. The van der Waals surface area contributed by atoms with Gasteiger partial charge in [-0.05, 0) is 35.6 Å². The van der Waals surface area contributed by atoms with Crippen molar-refractivity contribution in [3.63, 3.8) is 0 Å². The number of nitrogens with zero attached hydrogens (tertiary/aromatic N) is 2. The summed E-state index contributed by atoms with van der Waals surface area (Å²) in [5.41, 5.74) is 1.65. The van der Waals surface area contributed by atoms with E-state index in [0.717, 1.165) is 25.2 Å². The standard InChI is InChI=1S/C27H37Cl2N5O4/c1-5-23(38-25-22(29)12-19(28)14-31-25)24(35)30-13-18-7-6-8-20(11-18)33-26(36)32-15-21-16-34(9-10-37-21)17-27(2,3)4/h6-8,11-12,14,21,23H,5,9-10,13,15-17H2,1-4H3,(H,30,35)(H2,32,33,36). The minimum absolute atomic E-state index is 0.0509. The molecule has 9 nitrogen and oxygen atoms in total. The number of carbonyl (C=O) groups is 2. The second-order valence-electron chi connectivity index (χ2n) is 10.5. The van der Waals surface area contributed by atoms with Crippen molar-refractivity contribution in [3.8, 4) is 5.88 Å². The van der Waals surface area contributed by atoms with Crippen LogP contribution in [0, 0.1) is 5.41 Å². The van der Waals surface area contributed by atoms with E-state index in [1.54, 1.807) is 6.07 Å². The molecule has 1 saturated heterocycles. The van der Waals surface area contributed by atoms with E-state index in [4.69, 9.17) is 32.7 Å². The molecule has 1 aromatic heterocycles. The fourth-order valence-electron chi connectivity index (χ4n) is 4.11. The lowest BCUT2D eigenvalue weighted by Crippen LogP contribution is -2.49. The van der Waals surface area contributed by atoms with Gasteiger partial charge < -0.3 is 25.4 Å². The SMILES string of the molecule is CCC(Oc1ncc(Cl)cc1Cl)C(=O)NCc1cccc(NC(=O)NCC2CN(CC(C)(C)C)CCO2)c1. The van der Waals surface area contributed by atoms with Crippen LogP contribution in [0.25, 0.3) is 0 Å². The molecule has 2 atom stereocenters. The van der Waals surface area contributed by atoms with E-state index in [1.165, 1.54) is 12.3 Å². The third kappa shape index (κ3) is 9.94. The molecule has 1 aliphatic rings. The Balaban J connectivity index is 1.46. The van der Waals surface area contributed by atoms with Crippen molar-refractivity contribution in [2.45, 2.75) is 52.9 Å². The maximum atomic E-state index is 12.7. The number of ether oxygens (including phenoxy) is 2. The van der Waals surface area contributed by atoms with Crippen LogP contribution < -0.4 is 20.7 Å². The van der Waals surface area contributed by atoms with Crippen molar-refractivity contribution >= 4 is 40.8 Å². The predicted molar refractivity (Wildman–Crippen MR) is 150 cm³/mol. The molecule has 2 unspecified atom stereocenters. The summed E-state index contributed by atoms with van der Waals surface area (Å²) in [6.07, 6.45) is 1.01. The number of amides is 3. The molecule has 2 aromatic rings. The maximum absolute atomic E-state index is 12.7. The molecule has 3 N–H and O–H groups in total. The topological polar surface area (TPSA) is 105 Å². The fraction of sp³-hybridized carbons (Fsp3) is 0.519. The lowest BCUT2D eigenvalue weighted by Gasteiger charge is -2.36. The van der Waals surface area contributed by atoms with Gasteiger partial charge in [0.25, 0.3) is 5.91 Å². The van der Waals surface area contributed by atoms with Gasteiger partial charge in [0.1, 0.15) is 5.02 Å². The van der Waals surface area contributed by atoms with E-state index in [2.05, 4.69) is 46.6 Å². The van der Waals surface area contributed by atoms with Crippen LogP contribution in [0.15, 0.2) is 36.5 Å². The molecule has 1 fully saturated rings. The molecule has 2 heterocycles. The summed E-state index contributed by atoms with van der Waals surface area (Å²) in [7, 11) is 0. The summed E-state index contributed by atoms with van der Waals surface area (Å²) in [4.78, 5) is 31.6. The fourth-order valence-corrected chi connectivity index (χ4v) is 4.53. The first-order valence-corrected chi connectivity index (χ1v) is 13.5. The second kappa shape index (κ2) is 14.0. The first kappa shape index (κ1) is 30.0. The molecule has 0 radical (unpaired) electrons. The predicted octanol–water partition coefficient (Wildman–Crippen LogP) is 4.73. The zero-order valence-electron chi connectivity index (χ0n) is 22.4. The third-order valence-electron chi connectivity index (χ3n) is 5.75. The molecule has 11 heteroatoms. The molecule has 1 aliphatic heterocycles. The van der Waals surface area contributed by atoms with Crippen LogP contribution in [0.2, 0.25) is 10.0 Å². The zero-order chi connectivity index (χ0) is 27.7. The Labute approximate surface area is 234 Å². The van der Waals surface area contributed by atoms with Crippen LogP contribution >= 0.6 is 23.2 Å². The average Bonchev–Trinajstić information content (AvgIpc) is 2.85. The minimum Gasteiger partial charge on any atom is -0.463 e. The Morgan fingerprint density at radius 2 is 2.03 bits per heavy atom. The number of carbonyl (C=O) groups excluding carboxylic acids is 2. The number of hydrogen-bond acceptors (Lipinski definition) is 6. The molecule has 208 valence electrons. The van der Waals surface area contributed by atoms with Gasteiger partial charge >= 0.3 is 6.03 Å². The highest BCUT2D eigenvalue weighted by Gasteiger charge is 2.24. The lowest BCUT2D eigenvalue weighted by molar-refractivity contribution is -0.128. The summed E-state index contributed by atoms with van der Waals surface area (Å²) >= 11 is 12.0. The normalized spacial score (nSPS) is 16.9. The Morgan fingerprint density at radius 3 is 2.74 bits per heavy atom. The van der Waals surface area contributed by atoms with Crippen LogP contribution in [0.3, 0.4) is 0 Å². The maximum Gasteiger partial charge on any atom is 0.319 e. The van der Waals surface area contributed by atoms with Gasteiger partial charge in [-0.2, -0.15) is 0 Å². The van der Waals surface area contributed by atoms with Crippen LogP contribution in [0.4, 0.5) is 10.5 Å². The summed E-state index contributed by atoms with van der Waals surface area (Å²) < 4.78 is 11.5. The first-order valence-electron chi connectivity index (χ1n) is 12.8. The molecular formula is C27H37Cl2N5O4. The quantitative estimate of drug-likeness (QED) is 0.384. The number of urea groups is 1. The Morgan fingerprint density at radius 1 is 1.24 bits per heavy atom. The van der Waals surface area contributed by atoms with E-state index < -0.39 is 6.10 Å². The van der Waals surface area contributed by atoms with Crippen molar-refractivity contribution in [2.24, 2.45) is 5.41 Å². The number of aromatic nitrogens is 1. The van der Waals surface area contributed by atoms with Crippen LogP contribution in [0.1, 0.15) is 39.7 Å². The molecular weight excluding hydrogens is 529 g/mol. The van der Waals surface area contributed by atoms with E-state index in [9.17, 15) is 9.59 Å². The molecule has 38 heavy (non-hydrogen) atoms. The van der Waals surface area contributed by atoms with Crippen molar-refractivity contribution in [3.05, 3.63) is 52.1 Å². The van der Waals surface area contributed by atoms with Crippen LogP contribution in [-0.4, -0.2) is 66.8 Å². The van der Waals surface area contributed by atoms with Crippen molar-refractivity contribution in [1.29, 1.82) is 0 Å². The third-order valence-corrected chi connectivity index (χ3v) is 6.23. The summed E-state index contributed by atoms with van der Waals surface area (Å²) in [6, 6.07) is 8.48. The van der Waals surface area contributed by atoms with Crippen LogP contribution in [0.5, 0.6) is 5.88 Å². The Bertz CT molecular complexity index is 1100. The average molecular weight is 567 g/mol. The smallest absolute Gasteiger partial charge is 0.319 e. The van der Waals surface area contributed by atoms with E-state index in [-0.39, 0.29) is 40.9 Å². The highest BCUT2D eigenvalue weighted by atomic mass is 35.5.